The zero-order chi connectivity index (χ0) is 22.4. The van der Waals surface area contributed by atoms with Crippen molar-refractivity contribution in [3.8, 4) is 12.3 Å². The highest BCUT2D eigenvalue weighted by atomic mass is 16.2. The maximum Gasteiger partial charge on any atom is 0.315 e. The lowest BCUT2D eigenvalue weighted by Gasteiger charge is -2.32. The first-order valence-corrected chi connectivity index (χ1v) is 11.0. The third-order valence-corrected chi connectivity index (χ3v) is 6.28. The molecule has 0 radical (unpaired) electrons. The fourth-order valence-electron chi connectivity index (χ4n) is 4.62. The number of carbonyl (C=O) groups is 3. The van der Waals surface area contributed by atoms with Crippen LogP contribution in [0.25, 0.3) is 0 Å². The van der Waals surface area contributed by atoms with E-state index in [1.807, 2.05) is 19.1 Å². The van der Waals surface area contributed by atoms with Gasteiger partial charge in [-0.25, -0.2) is 4.79 Å². The van der Waals surface area contributed by atoms with Gasteiger partial charge >= 0.3 is 6.03 Å². The molecule has 1 heterocycles. The van der Waals surface area contributed by atoms with Crippen LogP contribution < -0.4 is 16.0 Å². The Morgan fingerprint density at radius 1 is 1.19 bits per heavy atom. The molecule has 7 nitrogen and oxygen atoms in total. The van der Waals surface area contributed by atoms with Crippen molar-refractivity contribution in [1.29, 1.82) is 0 Å². The van der Waals surface area contributed by atoms with Gasteiger partial charge in [-0.1, -0.05) is 24.3 Å². The number of fused-ring (bicyclic) bond motifs is 1. The standard InChI is InChI=1S/C24H32N4O3/c1-4-5-9-16(2)26-22(29)20-12-8-13-28(20)23(30)21(27-24(31)25-3)19-14-17-10-6-7-11-18(17)15-19/h1,6-7,10-11,16,19-21H,5,8-9,12-15H2,2-3H3,(H,26,29)(H2,25,27,31). The molecular formula is C24H32N4O3. The average molecular weight is 425 g/mol. The lowest BCUT2D eigenvalue weighted by atomic mass is 9.95. The molecule has 0 bridgehead atoms. The number of hydrogen-bond acceptors (Lipinski definition) is 3. The number of nitrogens with one attached hydrogen (secondary N) is 3. The maximum atomic E-state index is 13.6. The summed E-state index contributed by atoms with van der Waals surface area (Å²) in [5, 5.41) is 8.39. The Morgan fingerprint density at radius 3 is 2.48 bits per heavy atom. The molecule has 3 rings (SSSR count). The summed E-state index contributed by atoms with van der Waals surface area (Å²) in [5.74, 6) is 2.21. The lowest BCUT2D eigenvalue weighted by molar-refractivity contribution is -0.141. The number of terminal acetylenes is 1. The highest BCUT2D eigenvalue weighted by molar-refractivity contribution is 5.92. The van der Waals surface area contributed by atoms with Crippen LogP contribution in [-0.4, -0.2) is 54.5 Å². The second-order valence-electron chi connectivity index (χ2n) is 8.48. The normalized spacial score (nSPS) is 19.8. The van der Waals surface area contributed by atoms with Gasteiger partial charge in [0.05, 0.1) is 0 Å². The molecule has 7 heteroatoms. The Balaban J connectivity index is 1.73. The Morgan fingerprint density at radius 2 is 1.87 bits per heavy atom. The predicted octanol–water partition coefficient (Wildman–Crippen LogP) is 1.61. The summed E-state index contributed by atoms with van der Waals surface area (Å²) in [6, 6.07) is 6.49. The number of likely N-dealkylation sites (tertiary alicyclic amines) is 1. The van der Waals surface area contributed by atoms with Gasteiger partial charge in [0.15, 0.2) is 0 Å². The Labute approximate surface area is 184 Å². The van der Waals surface area contributed by atoms with Gasteiger partial charge in [-0.2, -0.15) is 0 Å². The van der Waals surface area contributed by atoms with Gasteiger partial charge in [-0.05, 0) is 56.1 Å². The van der Waals surface area contributed by atoms with Gasteiger partial charge in [0.2, 0.25) is 11.8 Å². The number of benzene rings is 1. The van der Waals surface area contributed by atoms with Crippen molar-refractivity contribution in [1.82, 2.24) is 20.9 Å². The summed E-state index contributed by atoms with van der Waals surface area (Å²) in [6.45, 7) is 2.43. The third-order valence-electron chi connectivity index (χ3n) is 6.28. The number of urea groups is 1. The van der Waals surface area contributed by atoms with Gasteiger partial charge in [-0.15, -0.1) is 12.3 Å². The molecule has 2 aliphatic rings. The number of nitrogens with zero attached hydrogens (tertiary/aromatic N) is 1. The summed E-state index contributed by atoms with van der Waals surface area (Å²) in [6.07, 6.45) is 9.44. The highest BCUT2D eigenvalue weighted by Gasteiger charge is 2.42. The number of amides is 4. The molecule has 3 atom stereocenters. The zero-order valence-electron chi connectivity index (χ0n) is 18.3. The van der Waals surface area contributed by atoms with E-state index >= 15 is 0 Å². The summed E-state index contributed by atoms with van der Waals surface area (Å²) in [4.78, 5) is 40.3. The summed E-state index contributed by atoms with van der Waals surface area (Å²) < 4.78 is 0. The molecule has 1 aliphatic carbocycles. The molecule has 0 spiro atoms. The van der Waals surface area contributed by atoms with E-state index in [0.29, 0.717) is 25.8 Å². The SMILES string of the molecule is C#CCCC(C)NC(=O)C1CCCN1C(=O)C(NC(=O)NC)C1Cc2ccccc2C1. The second-order valence-corrected chi connectivity index (χ2v) is 8.48. The van der Waals surface area contributed by atoms with E-state index in [4.69, 9.17) is 6.42 Å². The minimum atomic E-state index is -0.681. The van der Waals surface area contributed by atoms with Crippen LogP contribution in [0.5, 0.6) is 0 Å². The van der Waals surface area contributed by atoms with E-state index in [-0.39, 0.29) is 23.8 Å². The monoisotopic (exact) mass is 424 g/mol. The average Bonchev–Trinajstić information content (AvgIpc) is 3.42. The molecule has 1 aliphatic heterocycles. The van der Waals surface area contributed by atoms with Crippen LogP contribution in [0.1, 0.15) is 43.7 Å². The molecule has 0 saturated carbocycles. The van der Waals surface area contributed by atoms with Gasteiger partial charge in [0, 0.05) is 26.1 Å². The van der Waals surface area contributed by atoms with Crippen LogP contribution >= 0.6 is 0 Å². The molecule has 3 N–H and O–H groups in total. The Kier molecular flexibility index (Phi) is 7.56. The van der Waals surface area contributed by atoms with E-state index in [9.17, 15) is 14.4 Å². The van der Waals surface area contributed by atoms with Crippen molar-refractivity contribution in [2.24, 2.45) is 5.92 Å². The molecule has 3 unspecified atom stereocenters. The third kappa shape index (κ3) is 5.38. The zero-order valence-corrected chi connectivity index (χ0v) is 18.3. The van der Waals surface area contributed by atoms with Crippen molar-refractivity contribution in [3.63, 3.8) is 0 Å². The largest absolute Gasteiger partial charge is 0.352 e. The van der Waals surface area contributed by atoms with Crippen molar-refractivity contribution in [3.05, 3.63) is 35.4 Å². The minimum absolute atomic E-state index is 0.0407. The molecule has 0 aromatic heterocycles. The van der Waals surface area contributed by atoms with Crippen LogP contribution in [0.4, 0.5) is 4.79 Å². The van der Waals surface area contributed by atoms with Gasteiger partial charge in [0.25, 0.3) is 0 Å². The first-order valence-electron chi connectivity index (χ1n) is 11.0. The van der Waals surface area contributed by atoms with Gasteiger partial charge in [0.1, 0.15) is 12.1 Å². The highest BCUT2D eigenvalue weighted by Crippen LogP contribution is 2.30. The first-order chi connectivity index (χ1) is 14.9. The lowest BCUT2D eigenvalue weighted by Crippen LogP contribution is -2.57. The maximum absolute atomic E-state index is 13.6. The molecule has 1 saturated heterocycles. The smallest absolute Gasteiger partial charge is 0.315 e. The van der Waals surface area contributed by atoms with E-state index in [1.165, 1.54) is 18.2 Å². The topological polar surface area (TPSA) is 90.5 Å². The molecular weight excluding hydrogens is 392 g/mol. The number of hydrogen-bond donors (Lipinski definition) is 3. The molecule has 1 aromatic rings. The quantitative estimate of drug-likeness (QED) is 0.581. The molecule has 31 heavy (non-hydrogen) atoms. The summed E-state index contributed by atoms with van der Waals surface area (Å²) in [5.41, 5.74) is 2.42. The molecule has 1 aromatic carbocycles. The number of carbonyl (C=O) groups excluding carboxylic acids is 3. The van der Waals surface area contributed by atoms with Crippen LogP contribution in [0, 0.1) is 18.3 Å². The van der Waals surface area contributed by atoms with E-state index < -0.39 is 18.1 Å². The molecule has 1 fully saturated rings. The molecule has 166 valence electrons. The van der Waals surface area contributed by atoms with Crippen LogP contribution in [-0.2, 0) is 22.4 Å². The van der Waals surface area contributed by atoms with Gasteiger partial charge < -0.3 is 20.9 Å². The van der Waals surface area contributed by atoms with Crippen molar-refractivity contribution >= 4 is 17.8 Å². The predicted molar refractivity (Wildman–Crippen MR) is 119 cm³/mol. The summed E-state index contributed by atoms with van der Waals surface area (Å²) in [7, 11) is 1.53. The van der Waals surface area contributed by atoms with Crippen molar-refractivity contribution < 1.29 is 14.4 Å². The van der Waals surface area contributed by atoms with E-state index in [1.54, 1.807) is 4.90 Å². The summed E-state index contributed by atoms with van der Waals surface area (Å²) >= 11 is 0. The van der Waals surface area contributed by atoms with Crippen LogP contribution in [0.2, 0.25) is 0 Å². The van der Waals surface area contributed by atoms with Crippen LogP contribution in [0.15, 0.2) is 24.3 Å². The fraction of sp³-hybridized carbons (Fsp3) is 0.542. The van der Waals surface area contributed by atoms with E-state index in [2.05, 4.69) is 34.0 Å². The Hall–Kier alpha value is -3.01. The van der Waals surface area contributed by atoms with Gasteiger partial charge in [-0.3, -0.25) is 9.59 Å². The minimum Gasteiger partial charge on any atom is -0.352 e. The Bertz CT molecular complexity index is 838. The number of rotatable bonds is 7. The van der Waals surface area contributed by atoms with E-state index in [0.717, 1.165) is 19.3 Å². The molecule has 4 amide bonds. The second kappa shape index (κ2) is 10.3. The van der Waals surface area contributed by atoms with Crippen LogP contribution in [0.3, 0.4) is 0 Å². The first kappa shape index (κ1) is 22.7. The van der Waals surface area contributed by atoms with Crippen molar-refractivity contribution in [2.75, 3.05) is 13.6 Å². The fourth-order valence-corrected chi connectivity index (χ4v) is 4.62. The van der Waals surface area contributed by atoms with Crippen molar-refractivity contribution in [2.45, 2.75) is 63.6 Å².